The maximum Gasteiger partial charge on any atom is 0.137 e. The van der Waals surface area contributed by atoms with Gasteiger partial charge < -0.3 is 0 Å². The van der Waals surface area contributed by atoms with Crippen molar-refractivity contribution in [2.45, 2.75) is 9.79 Å². The highest BCUT2D eigenvalue weighted by Gasteiger charge is 1.99. The van der Waals surface area contributed by atoms with Gasteiger partial charge in [-0.2, -0.15) is 0 Å². The quantitative estimate of drug-likeness (QED) is 0.373. The fraction of sp³-hybridized carbons (Fsp3) is 0.143. The summed E-state index contributed by atoms with van der Waals surface area (Å²) in [7, 11) is 0. The molecule has 0 atom stereocenters. The monoisotopic (exact) mass is 520 g/mol. The average Bonchev–Trinajstić information content (AvgIpc) is 2.50. The van der Waals surface area contributed by atoms with Crippen molar-refractivity contribution in [2.75, 3.05) is 12.5 Å². The molecule has 0 aliphatic rings. The molecule has 21 heavy (non-hydrogen) atoms. The molecular weight excluding hydrogens is 510 g/mol. The Hall–Kier alpha value is 0.440. The zero-order valence-electron chi connectivity index (χ0n) is 11.2. The van der Waals surface area contributed by atoms with Crippen molar-refractivity contribution in [3.63, 3.8) is 0 Å². The molecule has 0 fully saturated rings. The Morgan fingerprint density at radius 3 is 1.76 bits per heavy atom. The van der Waals surface area contributed by atoms with Crippen LogP contribution in [0.4, 0.5) is 8.78 Å². The Labute approximate surface area is 156 Å². The van der Waals surface area contributed by atoms with Crippen molar-refractivity contribution in [3.8, 4) is 0 Å². The summed E-state index contributed by atoms with van der Waals surface area (Å²) in [5, 5.41) is 0. The third-order valence-electron chi connectivity index (χ3n) is 2.17. The van der Waals surface area contributed by atoms with E-state index in [0.29, 0.717) is 9.79 Å². The fourth-order valence-corrected chi connectivity index (χ4v) is 2.52. The van der Waals surface area contributed by atoms with E-state index >= 15 is 0 Å². The van der Waals surface area contributed by atoms with Gasteiger partial charge in [0.2, 0.25) is 0 Å². The number of benzene rings is 2. The van der Waals surface area contributed by atoms with Crippen molar-refractivity contribution in [1.82, 2.24) is 0 Å². The summed E-state index contributed by atoms with van der Waals surface area (Å²) in [6, 6.07) is 11.8. The highest BCUT2D eigenvalue weighted by Crippen LogP contribution is 2.22. The smallest absolute Gasteiger partial charge is 0.137 e. The molecule has 0 N–H and O–H groups in total. The Kier molecular flexibility index (Phi) is 13.2. The molecule has 0 amide bonds. The molecular formula is C14H13Br3F2S2. The van der Waals surface area contributed by atoms with E-state index in [9.17, 15) is 8.78 Å². The van der Waals surface area contributed by atoms with E-state index in [1.807, 2.05) is 24.6 Å². The van der Waals surface area contributed by atoms with Crippen LogP contribution in [0.5, 0.6) is 0 Å². The molecule has 0 radical (unpaired) electrons. The summed E-state index contributed by atoms with van der Waals surface area (Å²) in [5.74, 6) is -0.299. The van der Waals surface area contributed by atoms with Gasteiger partial charge in [-0.3, -0.25) is 0 Å². The van der Waals surface area contributed by atoms with Crippen LogP contribution in [0.2, 0.25) is 0 Å². The summed E-state index contributed by atoms with van der Waals surface area (Å²) in [6.45, 7) is 0. The van der Waals surface area contributed by atoms with Crippen molar-refractivity contribution < 1.29 is 8.78 Å². The highest BCUT2D eigenvalue weighted by molar-refractivity contribution is 9.93. The molecule has 0 nitrogen and oxygen atoms in total. The zero-order valence-corrected chi connectivity index (χ0v) is 17.6. The Bertz CT molecular complexity index is 539. The van der Waals surface area contributed by atoms with Crippen LogP contribution in [0.15, 0.2) is 56.7 Å². The second-order valence-corrected chi connectivity index (χ2v) is 6.03. The minimum atomic E-state index is -0.165. The summed E-state index contributed by atoms with van der Waals surface area (Å²) >= 11 is 11.5. The molecule has 0 spiro atoms. The number of thioether (sulfide) groups is 2. The van der Waals surface area contributed by atoms with Gasteiger partial charge >= 0.3 is 0 Å². The van der Waals surface area contributed by atoms with Crippen LogP contribution in [-0.4, -0.2) is 12.5 Å². The van der Waals surface area contributed by atoms with Crippen LogP contribution >= 0.6 is 67.7 Å². The van der Waals surface area contributed by atoms with Crippen LogP contribution in [0.25, 0.3) is 0 Å². The zero-order chi connectivity index (χ0) is 16.3. The summed E-state index contributed by atoms with van der Waals surface area (Å²) in [6.07, 6.45) is 3.71. The van der Waals surface area contributed by atoms with Gasteiger partial charge in [-0.25, -0.2) is 8.78 Å². The first-order chi connectivity index (χ1) is 10.1. The number of halogens is 5. The van der Waals surface area contributed by atoms with E-state index < -0.39 is 0 Å². The van der Waals surface area contributed by atoms with Gasteiger partial charge in [-0.1, -0.05) is 28.1 Å². The molecule has 7 heteroatoms. The van der Waals surface area contributed by atoms with E-state index in [0.717, 1.165) is 4.47 Å². The standard InChI is InChI=1S/C7H6BrFS.C7H7FS.Br2/c1-10-7-3-2-5(8)4-6(7)9;1-9-7-5-3-2-4-6(7)8;1-2/h2-4H,1H3;2-5H,1H3;. The van der Waals surface area contributed by atoms with E-state index in [1.54, 1.807) is 18.2 Å². The highest BCUT2D eigenvalue weighted by atomic mass is 80.9. The van der Waals surface area contributed by atoms with E-state index in [1.165, 1.54) is 35.7 Å². The van der Waals surface area contributed by atoms with Crippen molar-refractivity contribution in [3.05, 3.63) is 58.6 Å². The second kappa shape index (κ2) is 12.9. The van der Waals surface area contributed by atoms with Gasteiger partial charge in [-0.05, 0) is 42.8 Å². The van der Waals surface area contributed by atoms with E-state index in [-0.39, 0.29) is 11.6 Å². The van der Waals surface area contributed by atoms with Crippen LogP contribution in [0, 0.1) is 11.6 Å². The number of rotatable bonds is 2. The minimum Gasteiger partial charge on any atom is -0.206 e. The fourth-order valence-electron chi connectivity index (χ4n) is 1.25. The lowest BCUT2D eigenvalue weighted by atomic mass is 10.3. The molecule has 0 bridgehead atoms. The summed E-state index contributed by atoms with van der Waals surface area (Å²) < 4.78 is 26.1. The second-order valence-electron chi connectivity index (χ2n) is 3.41. The van der Waals surface area contributed by atoms with E-state index in [2.05, 4.69) is 44.2 Å². The van der Waals surface area contributed by atoms with Crippen LogP contribution < -0.4 is 0 Å². The molecule has 2 aromatic rings. The molecule has 0 aliphatic carbocycles. The number of hydrogen-bond acceptors (Lipinski definition) is 2. The lowest BCUT2D eigenvalue weighted by Gasteiger charge is -1.97. The van der Waals surface area contributed by atoms with Crippen LogP contribution in [0.1, 0.15) is 0 Å². The van der Waals surface area contributed by atoms with Gasteiger partial charge in [0, 0.05) is 42.5 Å². The van der Waals surface area contributed by atoms with Crippen molar-refractivity contribution >= 4 is 67.7 Å². The molecule has 0 saturated carbocycles. The normalized spacial score (nSPS) is 9.10. The SMILES string of the molecule is BrBr.CSc1ccc(Br)cc1F.CSc1ccccc1F. The molecule has 0 saturated heterocycles. The minimum absolute atomic E-state index is 0.134. The van der Waals surface area contributed by atoms with E-state index in [4.69, 9.17) is 0 Å². The lowest BCUT2D eigenvalue weighted by molar-refractivity contribution is 0.601. The molecule has 0 aromatic heterocycles. The summed E-state index contributed by atoms with van der Waals surface area (Å²) in [5.41, 5.74) is 0. The topological polar surface area (TPSA) is 0 Å². The summed E-state index contributed by atoms with van der Waals surface area (Å²) in [4.78, 5) is 1.39. The first-order valence-corrected chi connectivity index (χ1v) is 12.5. The third kappa shape index (κ3) is 8.59. The maximum absolute atomic E-state index is 12.8. The molecule has 0 unspecified atom stereocenters. The molecule has 2 rings (SSSR count). The van der Waals surface area contributed by atoms with Gasteiger partial charge in [0.1, 0.15) is 11.6 Å². The largest absolute Gasteiger partial charge is 0.206 e. The molecule has 0 aliphatic heterocycles. The average molecular weight is 523 g/mol. The van der Waals surface area contributed by atoms with Crippen LogP contribution in [0.3, 0.4) is 0 Å². The molecule has 116 valence electrons. The first-order valence-electron chi connectivity index (χ1n) is 5.50. The predicted molar refractivity (Wildman–Crippen MR) is 102 cm³/mol. The molecule has 2 aromatic carbocycles. The van der Waals surface area contributed by atoms with Gasteiger partial charge in [-0.15, -0.1) is 23.5 Å². The van der Waals surface area contributed by atoms with Crippen molar-refractivity contribution in [2.24, 2.45) is 0 Å². The Morgan fingerprint density at radius 2 is 1.33 bits per heavy atom. The van der Waals surface area contributed by atoms with Gasteiger partial charge in [0.15, 0.2) is 0 Å². The predicted octanol–water partition coefficient (Wildman–Crippen LogP) is 7.55. The van der Waals surface area contributed by atoms with Gasteiger partial charge in [0.25, 0.3) is 0 Å². The maximum atomic E-state index is 12.8. The van der Waals surface area contributed by atoms with Crippen LogP contribution in [-0.2, 0) is 0 Å². The Balaban J connectivity index is 0.000000342. The van der Waals surface area contributed by atoms with Gasteiger partial charge in [0.05, 0.1) is 0 Å². The lowest BCUT2D eigenvalue weighted by Crippen LogP contribution is -1.78. The number of hydrogen-bond donors (Lipinski definition) is 0. The van der Waals surface area contributed by atoms with Crippen molar-refractivity contribution in [1.29, 1.82) is 0 Å². The Morgan fingerprint density at radius 1 is 0.810 bits per heavy atom. The first kappa shape index (κ1) is 21.4. The third-order valence-corrected chi connectivity index (χ3v) is 4.21. The molecule has 0 heterocycles.